The Morgan fingerprint density at radius 3 is 2.54 bits per heavy atom. The van der Waals surface area contributed by atoms with Gasteiger partial charge in [0.25, 0.3) is 0 Å². The minimum absolute atomic E-state index is 0.0228. The van der Waals surface area contributed by atoms with Crippen molar-refractivity contribution in [3.05, 3.63) is 10.4 Å². The minimum atomic E-state index is -3.25. The molecule has 0 aliphatic heterocycles. The van der Waals surface area contributed by atoms with Crippen molar-refractivity contribution in [1.29, 1.82) is 4.78 Å². The maximum absolute atomic E-state index is 11.0. The van der Waals surface area contributed by atoms with Crippen LogP contribution in [0.25, 0.3) is 0 Å². The Hall–Kier alpha value is -0.500. The molecule has 5 nitrogen and oxygen atoms in total. The van der Waals surface area contributed by atoms with Gasteiger partial charge in [-0.2, -0.15) is 0 Å². The van der Waals surface area contributed by atoms with E-state index in [1.54, 1.807) is 13.8 Å². The maximum atomic E-state index is 11.0. The first kappa shape index (κ1) is 10.6. The predicted octanol–water partition coefficient (Wildman–Crippen LogP) is 0.650. The number of thiazole rings is 1. The van der Waals surface area contributed by atoms with E-state index in [0.29, 0.717) is 5.01 Å². The summed E-state index contributed by atoms with van der Waals surface area (Å²) in [7, 11) is -3.25. The molecule has 0 spiro atoms. The lowest BCUT2D eigenvalue weighted by Crippen LogP contribution is -2.16. The lowest BCUT2D eigenvalue weighted by Gasteiger charge is -2.12. The van der Waals surface area contributed by atoms with Gasteiger partial charge in [0, 0.05) is 5.38 Å². The molecule has 0 radical (unpaired) electrons. The second kappa shape index (κ2) is 3.02. The largest absolute Gasteiger partial charge is 0.383 e. The first-order valence-electron chi connectivity index (χ1n) is 3.46. The van der Waals surface area contributed by atoms with E-state index in [1.165, 1.54) is 5.38 Å². The van der Waals surface area contributed by atoms with Crippen LogP contribution in [0.2, 0.25) is 0 Å². The molecule has 0 aliphatic carbocycles. The highest BCUT2D eigenvalue weighted by molar-refractivity contribution is 7.90. The van der Waals surface area contributed by atoms with Gasteiger partial charge >= 0.3 is 0 Å². The van der Waals surface area contributed by atoms with Gasteiger partial charge in [0.15, 0.2) is 14.9 Å². The average Bonchev–Trinajstić information content (AvgIpc) is 2.28. The highest BCUT2D eigenvalue weighted by atomic mass is 32.2. The van der Waals surface area contributed by atoms with Crippen LogP contribution in [0.15, 0.2) is 10.4 Å². The average molecular weight is 221 g/mol. The zero-order chi connectivity index (χ0) is 10.3. The quantitative estimate of drug-likeness (QED) is 0.683. The van der Waals surface area contributed by atoms with Crippen LogP contribution in [0.3, 0.4) is 0 Å². The fraction of sp³-hybridized carbons (Fsp3) is 0.500. The fourth-order valence-electron chi connectivity index (χ4n) is 0.679. The molecule has 1 heterocycles. The van der Waals surface area contributed by atoms with E-state index in [0.717, 1.165) is 11.3 Å². The van der Waals surface area contributed by atoms with Gasteiger partial charge in [0.2, 0.25) is 0 Å². The zero-order valence-electron chi connectivity index (χ0n) is 7.27. The van der Waals surface area contributed by atoms with E-state index in [-0.39, 0.29) is 5.03 Å². The molecule has 0 aliphatic rings. The molecule has 7 heteroatoms. The number of nitrogens with one attached hydrogen (secondary N) is 1. The smallest absolute Gasteiger partial charge is 0.161 e. The van der Waals surface area contributed by atoms with Crippen molar-refractivity contribution in [3.63, 3.8) is 0 Å². The Labute approximate surface area is 80.7 Å². The van der Waals surface area contributed by atoms with Crippen molar-refractivity contribution in [2.75, 3.05) is 0 Å². The minimum Gasteiger partial charge on any atom is -0.383 e. The molecule has 1 aromatic rings. The summed E-state index contributed by atoms with van der Waals surface area (Å²) in [4.78, 5) is 3.83. The molecular weight excluding hydrogens is 210 g/mol. The van der Waals surface area contributed by atoms with Gasteiger partial charge in [-0.05, 0) is 13.8 Å². The van der Waals surface area contributed by atoms with Gasteiger partial charge in [0.05, 0.1) is 0 Å². The van der Waals surface area contributed by atoms with Crippen LogP contribution in [-0.4, -0.2) is 14.3 Å². The van der Waals surface area contributed by atoms with Crippen LogP contribution in [0.4, 0.5) is 0 Å². The van der Waals surface area contributed by atoms with Crippen LogP contribution in [0, 0.1) is 4.78 Å². The zero-order valence-corrected chi connectivity index (χ0v) is 8.91. The number of hydrogen-bond acceptors (Lipinski definition) is 5. The third-order valence-electron chi connectivity index (χ3n) is 1.32. The van der Waals surface area contributed by atoms with E-state index >= 15 is 0 Å². The molecule has 0 saturated carbocycles. The van der Waals surface area contributed by atoms with Crippen LogP contribution in [0.5, 0.6) is 0 Å². The summed E-state index contributed by atoms with van der Waals surface area (Å²) in [5, 5.41) is 16.5. The molecular formula is C6H11N3O2S2. The number of rotatable bonds is 2. The molecule has 13 heavy (non-hydrogen) atoms. The Kier molecular flexibility index (Phi) is 2.46. The molecule has 4 N–H and O–H groups in total. The van der Waals surface area contributed by atoms with Gasteiger partial charge in [-0.25, -0.2) is 19.1 Å². The highest BCUT2D eigenvalue weighted by Crippen LogP contribution is 2.24. The molecule has 1 rings (SSSR count). The van der Waals surface area contributed by atoms with E-state index in [2.05, 4.69) is 4.98 Å². The molecule has 0 aromatic carbocycles. The van der Waals surface area contributed by atoms with E-state index < -0.39 is 15.5 Å². The molecule has 0 bridgehead atoms. The fourth-order valence-corrected chi connectivity index (χ4v) is 2.38. The Bertz CT molecular complexity index is 402. The Morgan fingerprint density at radius 2 is 2.31 bits per heavy atom. The van der Waals surface area contributed by atoms with Crippen LogP contribution in [-0.2, 0) is 15.5 Å². The predicted molar refractivity (Wildman–Crippen MR) is 50.7 cm³/mol. The number of hydrogen-bond donors (Lipinski definition) is 3. The summed E-state index contributed by atoms with van der Waals surface area (Å²) >= 11 is 1.14. The third-order valence-corrected chi connectivity index (χ3v) is 3.45. The second-order valence-electron chi connectivity index (χ2n) is 3.15. The van der Waals surface area contributed by atoms with Crippen molar-refractivity contribution >= 4 is 21.3 Å². The van der Waals surface area contributed by atoms with Gasteiger partial charge < -0.3 is 5.11 Å². The lowest BCUT2D eigenvalue weighted by molar-refractivity contribution is 0.0778. The van der Waals surface area contributed by atoms with Crippen molar-refractivity contribution in [1.82, 2.24) is 4.98 Å². The van der Waals surface area contributed by atoms with Crippen LogP contribution in [0.1, 0.15) is 18.9 Å². The van der Waals surface area contributed by atoms with Crippen molar-refractivity contribution in [2.45, 2.75) is 24.5 Å². The standard InChI is InChI=1S/C6H11N3O2S2/c1-6(2,10)5-9-4(3-12-5)13(7,8)11/h3,10H,1-2H3,(H3,7,8,11). The van der Waals surface area contributed by atoms with Crippen molar-refractivity contribution in [2.24, 2.45) is 5.14 Å². The summed E-state index contributed by atoms with van der Waals surface area (Å²) in [6.07, 6.45) is 0. The number of nitrogens with zero attached hydrogens (tertiary/aromatic N) is 1. The summed E-state index contributed by atoms with van der Waals surface area (Å²) < 4.78 is 18.1. The first-order chi connectivity index (χ1) is 5.71. The number of aromatic nitrogens is 1. The summed E-state index contributed by atoms with van der Waals surface area (Å²) in [6, 6.07) is 0. The maximum Gasteiger partial charge on any atom is 0.161 e. The molecule has 74 valence electrons. The van der Waals surface area contributed by atoms with Crippen LogP contribution < -0.4 is 5.14 Å². The van der Waals surface area contributed by atoms with E-state index in [1.807, 2.05) is 0 Å². The van der Waals surface area contributed by atoms with Gasteiger partial charge in [-0.3, -0.25) is 0 Å². The monoisotopic (exact) mass is 221 g/mol. The molecule has 1 atom stereocenters. The summed E-state index contributed by atoms with van der Waals surface area (Å²) in [5.74, 6) is 0. The van der Waals surface area contributed by atoms with Crippen LogP contribution >= 0.6 is 11.3 Å². The molecule has 0 amide bonds. The van der Waals surface area contributed by atoms with E-state index in [9.17, 15) is 9.32 Å². The van der Waals surface area contributed by atoms with E-state index in [4.69, 9.17) is 9.92 Å². The second-order valence-corrected chi connectivity index (χ2v) is 5.63. The van der Waals surface area contributed by atoms with Gasteiger partial charge in [-0.15, -0.1) is 11.3 Å². The third kappa shape index (κ3) is 2.47. The van der Waals surface area contributed by atoms with Crippen molar-refractivity contribution in [3.8, 4) is 0 Å². The Morgan fingerprint density at radius 1 is 1.77 bits per heavy atom. The van der Waals surface area contributed by atoms with Gasteiger partial charge in [0.1, 0.15) is 10.6 Å². The molecule has 1 unspecified atom stereocenters. The summed E-state index contributed by atoms with van der Waals surface area (Å²) in [5.41, 5.74) is -1.08. The molecule has 0 fully saturated rings. The lowest BCUT2D eigenvalue weighted by atomic mass is 10.2. The summed E-state index contributed by atoms with van der Waals surface area (Å²) in [6.45, 7) is 3.13. The topological polar surface area (TPSA) is 100 Å². The van der Waals surface area contributed by atoms with Crippen molar-refractivity contribution < 1.29 is 9.32 Å². The number of aliphatic hydroxyl groups is 1. The SMILES string of the molecule is CC(C)(O)c1nc(S(=N)(N)=O)cs1. The highest BCUT2D eigenvalue weighted by Gasteiger charge is 2.21. The Balaban J connectivity index is 3.16. The molecule has 0 saturated heterocycles. The first-order valence-corrected chi connectivity index (χ1v) is 5.96. The van der Waals surface area contributed by atoms with Gasteiger partial charge in [-0.1, -0.05) is 0 Å². The normalized spacial score (nSPS) is 16.9. The number of nitrogens with two attached hydrogens (primary N) is 1. The molecule has 1 aromatic heterocycles.